The second kappa shape index (κ2) is 5.34. The number of thioether (sulfide) groups is 1. The lowest BCUT2D eigenvalue weighted by atomic mass is 10.7. The molecule has 9 heavy (non-hydrogen) atoms. The van der Waals surface area contributed by atoms with Crippen LogP contribution in [0.5, 0.6) is 0 Å². The molecule has 2 nitrogen and oxygen atoms in total. The monoisotopic (exact) mass is 259 g/mol. The van der Waals surface area contributed by atoms with E-state index in [4.69, 9.17) is 0 Å². The Balaban J connectivity index is 3.45. The van der Waals surface area contributed by atoms with Gasteiger partial charge in [-0.2, -0.15) is 0 Å². The first-order valence-electron chi connectivity index (χ1n) is 2.57. The molecule has 0 saturated carbocycles. The average Bonchev–Trinajstić information content (AvgIpc) is 1.87. The summed E-state index contributed by atoms with van der Waals surface area (Å²) in [4.78, 5) is 12.5. The highest BCUT2D eigenvalue weighted by Crippen LogP contribution is 2.01. The first-order valence-corrected chi connectivity index (χ1v) is 5.32. The van der Waals surface area contributed by atoms with Crippen molar-refractivity contribution in [1.82, 2.24) is 4.90 Å². The van der Waals surface area contributed by atoms with Crippen LogP contribution in [0.2, 0.25) is 0 Å². The summed E-state index contributed by atoms with van der Waals surface area (Å²) in [6.45, 7) is 0.847. The van der Waals surface area contributed by atoms with Crippen LogP contribution in [0.25, 0.3) is 0 Å². The summed E-state index contributed by atoms with van der Waals surface area (Å²) in [5.74, 6) is 0. The molecule has 0 aromatic rings. The van der Waals surface area contributed by atoms with Crippen LogP contribution in [0.15, 0.2) is 0 Å². The zero-order valence-electron chi connectivity index (χ0n) is 5.56. The summed E-state index contributed by atoms with van der Waals surface area (Å²) in [7, 11) is 1.82. The molecular weight excluding hydrogens is 249 g/mol. The van der Waals surface area contributed by atoms with Gasteiger partial charge in [0, 0.05) is 18.0 Å². The van der Waals surface area contributed by atoms with E-state index in [1.54, 1.807) is 11.2 Å². The minimum absolute atomic E-state index is 0.145. The Bertz CT molecular complexity index is 99.0. The normalized spacial score (nSPS) is 9.22. The fraction of sp³-hybridized carbons (Fsp3) is 0.800. The second-order valence-corrected chi connectivity index (χ2v) is 3.42. The standard InChI is InChI=1S/C5H10INOS/c1-7(4-3-6)5(8)9-2/h3-4H2,1-2H3. The average molecular weight is 259 g/mol. The van der Waals surface area contributed by atoms with Crippen molar-refractivity contribution in [1.29, 1.82) is 0 Å². The van der Waals surface area contributed by atoms with E-state index in [1.165, 1.54) is 11.8 Å². The maximum atomic E-state index is 10.8. The van der Waals surface area contributed by atoms with Crippen LogP contribution in [-0.2, 0) is 0 Å². The highest BCUT2D eigenvalue weighted by atomic mass is 127. The zero-order valence-corrected chi connectivity index (χ0v) is 8.53. The fourth-order valence-electron chi connectivity index (χ4n) is 0.374. The molecule has 0 atom stereocenters. The quantitative estimate of drug-likeness (QED) is 0.557. The second-order valence-electron chi connectivity index (χ2n) is 1.58. The van der Waals surface area contributed by atoms with Gasteiger partial charge in [0.2, 0.25) is 0 Å². The molecule has 0 aromatic heterocycles. The smallest absolute Gasteiger partial charge is 0.281 e. The van der Waals surface area contributed by atoms with Gasteiger partial charge in [-0.3, -0.25) is 4.79 Å². The van der Waals surface area contributed by atoms with Gasteiger partial charge >= 0.3 is 0 Å². The van der Waals surface area contributed by atoms with Gasteiger partial charge in [-0.15, -0.1) is 0 Å². The summed E-state index contributed by atoms with van der Waals surface area (Å²) in [6.07, 6.45) is 1.80. The first kappa shape index (κ1) is 9.55. The molecule has 0 N–H and O–H groups in total. The Hall–Kier alpha value is 0.550. The number of rotatable bonds is 2. The molecule has 0 aromatic carbocycles. The van der Waals surface area contributed by atoms with Gasteiger partial charge in [-0.25, -0.2) is 0 Å². The lowest BCUT2D eigenvalue weighted by molar-refractivity contribution is 0.236. The van der Waals surface area contributed by atoms with Gasteiger partial charge in [-0.05, 0) is 6.26 Å². The van der Waals surface area contributed by atoms with Crippen LogP contribution in [0.1, 0.15) is 0 Å². The number of hydrogen-bond donors (Lipinski definition) is 0. The van der Waals surface area contributed by atoms with E-state index < -0.39 is 0 Å². The van der Waals surface area contributed by atoms with Crippen molar-refractivity contribution < 1.29 is 4.79 Å². The fourth-order valence-corrected chi connectivity index (χ4v) is 1.50. The van der Waals surface area contributed by atoms with Crippen LogP contribution in [0.3, 0.4) is 0 Å². The SMILES string of the molecule is CSC(=O)N(C)CCI. The van der Waals surface area contributed by atoms with Crippen LogP contribution >= 0.6 is 34.4 Å². The third-order valence-electron chi connectivity index (χ3n) is 0.906. The van der Waals surface area contributed by atoms with E-state index in [0.717, 1.165) is 11.0 Å². The Morgan fingerprint density at radius 2 is 2.33 bits per heavy atom. The number of halogens is 1. The summed E-state index contributed by atoms with van der Waals surface area (Å²) in [6, 6.07) is 0. The summed E-state index contributed by atoms with van der Waals surface area (Å²) >= 11 is 3.51. The Labute approximate surface area is 73.5 Å². The molecular formula is C5H10INOS. The first-order chi connectivity index (χ1) is 4.22. The predicted molar refractivity (Wildman–Crippen MR) is 50.4 cm³/mol. The van der Waals surface area contributed by atoms with Crippen molar-refractivity contribution >= 4 is 39.6 Å². The molecule has 54 valence electrons. The molecule has 0 aliphatic rings. The van der Waals surface area contributed by atoms with Crippen molar-refractivity contribution in [3.8, 4) is 0 Å². The van der Waals surface area contributed by atoms with Crippen molar-refractivity contribution in [3.63, 3.8) is 0 Å². The van der Waals surface area contributed by atoms with E-state index in [-0.39, 0.29) is 5.24 Å². The van der Waals surface area contributed by atoms with Gasteiger partial charge in [0.25, 0.3) is 5.24 Å². The van der Waals surface area contributed by atoms with Crippen LogP contribution in [-0.4, -0.2) is 34.4 Å². The third-order valence-corrected chi connectivity index (χ3v) is 2.05. The van der Waals surface area contributed by atoms with E-state index in [9.17, 15) is 4.79 Å². The molecule has 0 bridgehead atoms. The summed E-state index contributed by atoms with van der Waals surface area (Å²) in [5, 5.41) is 0.145. The minimum atomic E-state index is 0.145. The van der Waals surface area contributed by atoms with Crippen LogP contribution in [0, 0.1) is 0 Å². The molecule has 4 heteroatoms. The number of carbonyl (C=O) groups excluding carboxylic acids is 1. The van der Waals surface area contributed by atoms with Crippen molar-refractivity contribution in [2.45, 2.75) is 0 Å². The van der Waals surface area contributed by atoms with E-state index in [2.05, 4.69) is 22.6 Å². The number of amides is 1. The molecule has 0 radical (unpaired) electrons. The molecule has 1 amide bonds. The summed E-state index contributed by atoms with van der Waals surface area (Å²) in [5.41, 5.74) is 0. The topological polar surface area (TPSA) is 20.3 Å². The molecule has 0 rings (SSSR count). The Morgan fingerprint density at radius 1 is 1.78 bits per heavy atom. The minimum Gasteiger partial charge on any atom is -0.336 e. The molecule has 0 aliphatic heterocycles. The third kappa shape index (κ3) is 4.02. The number of alkyl halides is 1. The number of hydrogen-bond acceptors (Lipinski definition) is 2. The highest BCUT2D eigenvalue weighted by molar-refractivity contribution is 14.1. The maximum Gasteiger partial charge on any atom is 0.281 e. The Kier molecular flexibility index (Phi) is 5.67. The van der Waals surface area contributed by atoms with Crippen LogP contribution < -0.4 is 0 Å². The molecule has 0 saturated heterocycles. The molecule has 0 unspecified atom stereocenters. The van der Waals surface area contributed by atoms with Crippen molar-refractivity contribution in [3.05, 3.63) is 0 Å². The zero-order chi connectivity index (χ0) is 7.28. The molecule has 0 heterocycles. The van der Waals surface area contributed by atoms with Gasteiger partial charge in [0.15, 0.2) is 0 Å². The summed E-state index contributed by atoms with van der Waals surface area (Å²) < 4.78 is 1.00. The van der Waals surface area contributed by atoms with E-state index in [1.807, 2.05) is 7.05 Å². The highest BCUT2D eigenvalue weighted by Gasteiger charge is 2.03. The Morgan fingerprint density at radius 3 is 2.67 bits per heavy atom. The maximum absolute atomic E-state index is 10.8. The largest absolute Gasteiger partial charge is 0.336 e. The predicted octanol–water partition coefficient (Wildman–Crippen LogP) is 1.84. The van der Waals surface area contributed by atoms with Crippen LogP contribution in [0.4, 0.5) is 4.79 Å². The lowest BCUT2D eigenvalue weighted by Gasteiger charge is -2.12. The van der Waals surface area contributed by atoms with Gasteiger partial charge in [0.1, 0.15) is 0 Å². The van der Waals surface area contributed by atoms with Gasteiger partial charge in [-0.1, -0.05) is 34.4 Å². The number of carbonyl (C=O) groups is 1. The van der Waals surface area contributed by atoms with E-state index in [0.29, 0.717) is 0 Å². The van der Waals surface area contributed by atoms with Crippen molar-refractivity contribution in [2.24, 2.45) is 0 Å². The van der Waals surface area contributed by atoms with Gasteiger partial charge in [0.05, 0.1) is 0 Å². The molecule has 0 aliphatic carbocycles. The van der Waals surface area contributed by atoms with Gasteiger partial charge < -0.3 is 4.90 Å². The van der Waals surface area contributed by atoms with Crippen molar-refractivity contribution in [2.75, 3.05) is 24.3 Å². The molecule has 0 spiro atoms. The van der Waals surface area contributed by atoms with E-state index >= 15 is 0 Å². The number of nitrogens with zero attached hydrogens (tertiary/aromatic N) is 1. The molecule has 0 fully saturated rings. The lowest BCUT2D eigenvalue weighted by Crippen LogP contribution is -2.24.